The number of amides is 1. The van der Waals surface area contributed by atoms with Crippen LogP contribution < -0.4 is 15.2 Å². The van der Waals surface area contributed by atoms with Crippen molar-refractivity contribution in [1.82, 2.24) is 15.0 Å². The number of hydrogen-bond donors (Lipinski definition) is 2. The molecule has 3 N–H and O–H groups in total. The molecule has 0 saturated carbocycles. The van der Waals surface area contributed by atoms with Crippen LogP contribution in [-0.4, -0.2) is 42.1 Å². The van der Waals surface area contributed by atoms with Crippen molar-refractivity contribution >= 4 is 33.5 Å². The first-order valence-corrected chi connectivity index (χ1v) is 8.84. The maximum atomic E-state index is 12.3. The standard InChI is InChI=1S/C13H11ClF3N5O4S/c1-6-19-11(22-12(20-6)26-5-13(15,16)17)21-10(23)7-3-2-4-8(9(7)14)27(18,24)25/h2-4H,5H2,1H3,(H2,18,24,25)(H,19,20,21,22,23). The lowest BCUT2D eigenvalue weighted by Gasteiger charge is -2.10. The molecular weight excluding hydrogens is 415 g/mol. The van der Waals surface area contributed by atoms with Crippen molar-refractivity contribution < 1.29 is 31.1 Å². The number of hydrogen-bond acceptors (Lipinski definition) is 7. The summed E-state index contributed by atoms with van der Waals surface area (Å²) in [4.78, 5) is 22.7. The fourth-order valence-electron chi connectivity index (χ4n) is 1.80. The van der Waals surface area contributed by atoms with Crippen LogP contribution in [-0.2, 0) is 10.0 Å². The number of anilines is 1. The van der Waals surface area contributed by atoms with Crippen molar-refractivity contribution in [3.63, 3.8) is 0 Å². The van der Waals surface area contributed by atoms with Gasteiger partial charge in [-0.1, -0.05) is 17.7 Å². The Kier molecular flexibility index (Phi) is 5.87. The monoisotopic (exact) mass is 425 g/mol. The number of alkyl halides is 3. The number of carbonyl (C=O) groups is 1. The molecule has 2 aromatic rings. The van der Waals surface area contributed by atoms with Gasteiger partial charge in [-0.25, -0.2) is 13.6 Å². The molecule has 9 nitrogen and oxygen atoms in total. The summed E-state index contributed by atoms with van der Waals surface area (Å²) in [6.45, 7) is -0.293. The van der Waals surface area contributed by atoms with E-state index in [0.29, 0.717) is 0 Å². The Bertz CT molecular complexity index is 984. The largest absolute Gasteiger partial charge is 0.454 e. The van der Waals surface area contributed by atoms with Gasteiger partial charge in [-0.2, -0.15) is 28.1 Å². The number of benzene rings is 1. The van der Waals surface area contributed by atoms with Crippen molar-refractivity contribution in [2.45, 2.75) is 18.0 Å². The molecule has 1 heterocycles. The number of aryl methyl sites for hydroxylation is 1. The van der Waals surface area contributed by atoms with Crippen LogP contribution in [0.5, 0.6) is 6.01 Å². The normalized spacial score (nSPS) is 11.9. The second-order valence-corrected chi connectivity index (χ2v) is 6.92. The van der Waals surface area contributed by atoms with E-state index in [2.05, 4.69) is 25.0 Å². The summed E-state index contributed by atoms with van der Waals surface area (Å²) in [7, 11) is -4.18. The van der Waals surface area contributed by atoms with Gasteiger partial charge < -0.3 is 4.74 Å². The van der Waals surface area contributed by atoms with E-state index in [4.69, 9.17) is 16.7 Å². The van der Waals surface area contributed by atoms with E-state index in [1.807, 2.05) is 0 Å². The van der Waals surface area contributed by atoms with Crippen molar-refractivity contribution in [2.24, 2.45) is 5.14 Å². The number of nitrogens with one attached hydrogen (secondary N) is 1. The van der Waals surface area contributed by atoms with Gasteiger partial charge in [0.1, 0.15) is 10.7 Å². The summed E-state index contributed by atoms with van der Waals surface area (Å²) >= 11 is 5.89. The average molecular weight is 426 g/mol. The van der Waals surface area contributed by atoms with E-state index in [9.17, 15) is 26.4 Å². The van der Waals surface area contributed by atoms with Crippen LogP contribution in [0.25, 0.3) is 0 Å². The van der Waals surface area contributed by atoms with Gasteiger partial charge in [-0.15, -0.1) is 0 Å². The zero-order valence-electron chi connectivity index (χ0n) is 13.4. The molecule has 14 heteroatoms. The summed E-state index contributed by atoms with van der Waals surface area (Å²) in [6, 6.07) is 2.89. The van der Waals surface area contributed by atoms with E-state index in [-0.39, 0.29) is 11.4 Å². The number of nitrogens with zero attached hydrogens (tertiary/aromatic N) is 3. The third-order valence-electron chi connectivity index (χ3n) is 2.83. The number of carbonyl (C=O) groups excluding carboxylic acids is 1. The Hall–Kier alpha value is -2.51. The van der Waals surface area contributed by atoms with Crippen LogP contribution in [0.4, 0.5) is 19.1 Å². The van der Waals surface area contributed by atoms with Gasteiger partial charge in [-0.3, -0.25) is 10.1 Å². The predicted molar refractivity (Wildman–Crippen MR) is 86.9 cm³/mol. The third-order valence-corrected chi connectivity index (χ3v) is 4.30. The van der Waals surface area contributed by atoms with Crippen LogP contribution >= 0.6 is 11.6 Å². The Morgan fingerprint density at radius 3 is 2.56 bits per heavy atom. The number of primary sulfonamides is 1. The molecule has 146 valence electrons. The topological polar surface area (TPSA) is 137 Å². The van der Waals surface area contributed by atoms with Crippen LogP contribution in [0.2, 0.25) is 5.02 Å². The van der Waals surface area contributed by atoms with Gasteiger partial charge in [-0.05, 0) is 19.1 Å². The molecule has 0 aliphatic heterocycles. The second kappa shape index (κ2) is 7.62. The Morgan fingerprint density at radius 1 is 1.30 bits per heavy atom. The molecule has 0 aliphatic carbocycles. The molecule has 0 aliphatic rings. The molecule has 0 saturated heterocycles. The molecule has 1 aromatic carbocycles. The highest BCUT2D eigenvalue weighted by Crippen LogP contribution is 2.25. The minimum Gasteiger partial charge on any atom is -0.454 e. The Labute approximate surface area is 155 Å². The molecule has 0 fully saturated rings. The molecule has 0 radical (unpaired) electrons. The minimum atomic E-state index is -4.61. The van der Waals surface area contributed by atoms with E-state index in [1.165, 1.54) is 19.1 Å². The Balaban J connectivity index is 2.27. The van der Waals surface area contributed by atoms with Crippen molar-refractivity contribution in [3.05, 3.63) is 34.6 Å². The fraction of sp³-hybridized carbons (Fsp3) is 0.231. The van der Waals surface area contributed by atoms with Gasteiger partial charge in [0.05, 0.1) is 10.6 Å². The van der Waals surface area contributed by atoms with Gasteiger partial charge in [0, 0.05) is 0 Å². The van der Waals surface area contributed by atoms with Crippen LogP contribution in [0.15, 0.2) is 23.1 Å². The van der Waals surface area contributed by atoms with E-state index in [1.54, 1.807) is 0 Å². The predicted octanol–water partition coefficient (Wildman–Crippen LogP) is 1.67. The smallest absolute Gasteiger partial charge is 0.422 e. The molecular formula is C13H11ClF3N5O4S. The first-order valence-electron chi connectivity index (χ1n) is 6.92. The van der Waals surface area contributed by atoms with Crippen LogP contribution in [0.1, 0.15) is 16.2 Å². The molecule has 2 rings (SSSR count). The quantitative estimate of drug-likeness (QED) is 0.743. The molecule has 1 aromatic heterocycles. The van der Waals surface area contributed by atoms with Gasteiger partial charge in [0.25, 0.3) is 5.91 Å². The summed E-state index contributed by atoms with van der Waals surface area (Å²) in [6.07, 6.45) is -4.61. The van der Waals surface area contributed by atoms with Crippen molar-refractivity contribution in [3.8, 4) is 6.01 Å². The molecule has 0 unspecified atom stereocenters. The first-order chi connectivity index (χ1) is 12.4. The summed E-state index contributed by atoms with van der Waals surface area (Å²) < 4.78 is 63.9. The number of ether oxygens (including phenoxy) is 1. The number of halogens is 4. The van der Waals surface area contributed by atoms with Crippen molar-refractivity contribution in [1.29, 1.82) is 0 Å². The highest BCUT2D eigenvalue weighted by atomic mass is 35.5. The fourth-order valence-corrected chi connectivity index (χ4v) is 2.96. The number of sulfonamides is 1. The van der Waals surface area contributed by atoms with E-state index < -0.39 is 50.6 Å². The average Bonchev–Trinajstić information content (AvgIpc) is 2.50. The molecule has 27 heavy (non-hydrogen) atoms. The highest BCUT2D eigenvalue weighted by Gasteiger charge is 2.29. The lowest BCUT2D eigenvalue weighted by atomic mass is 10.2. The van der Waals surface area contributed by atoms with Gasteiger partial charge in [0.2, 0.25) is 16.0 Å². The number of rotatable bonds is 5. The SMILES string of the molecule is Cc1nc(NC(=O)c2cccc(S(N)(=O)=O)c2Cl)nc(OCC(F)(F)F)n1. The maximum absolute atomic E-state index is 12.3. The van der Waals surface area contributed by atoms with Crippen LogP contribution in [0.3, 0.4) is 0 Å². The summed E-state index contributed by atoms with van der Waals surface area (Å²) in [5.41, 5.74) is -0.265. The highest BCUT2D eigenvalue weighted by molar-refractivity contribution is 7.89. The Morgan fingerprint density at radius 2 is 1.96 bits per heavy atom. The summed E-state index contributed by atoms with van der Waals surface area (Å²) in [5, 5.41) is 6.74. The minimum absolute atomic E-state index is 0.0261. The van der Waals surface area contributed by atoms with Gasteiger partial charge in [0.15, 0.2) is 6.61 Å². The maximum Gasteiger partial charge on any atom is 0.422 e. The second-order valence-electron chi connectivity index (χ2n) is 5.01. The zero-order valence-corrected chi connectivity index (χ0v) is 15.0. The molecule has 0 atom stereocenters. The number of aromatic nitrogens is 3. The first kappa shape index (κ1) is 20.8. The third kappa shape index (κ3) is 5.74. The van der Waals surface area contributed by atoms with E-state index in [0.717, 1.165) is 6.07 Å². The number of nitrogens with two attached hydrogens (primary N) is 1. The molecule has 0 bridgehead atoms. The summed E-state index contributed by atoms with van der Waals surface area (Å²) in [5.74, 6) is -1.36. The van der Waals surface area contributed by atoms with E-state index >= 15 is 0 Å². The zero-order chi connectivity index (χ0) is 20.4. The lowest BCUT2D eigenvalue weighted by Crippen LogP contribution is -2.21. The molecule has 1 amide bonds. The van der Waals surface area contributed by atoms with Gasteiger partial charge >= 0.3 is 12.2 Å². The van der Waals surface area contributed by atoms with Crippen LogP contribution in [0, 0.1) is 6.92 Å². The molecule has 0 spiro atoms. The van der Waals surface area contributed by atoms with Crippen molar-refractivity contribution in [2.75, 3.05) is 11.9 Å². The lowest BCUT2D eigenvalue weighted by molar-refractivity contribution is -0.154.